The van der Waals surface area contributed by atoms with Gasteiger partial charge in [0.2, 0.25) is 0 Å². The Bertz CT molecular complexity index is 354. The summed E-state index contributed by atoms with van der Waals surface area (Å²) in [5, 5.41) is 0. The van der Waals surface area contributed by atoms with E-state index in [1.807, 2.05) is 0 Å². The monoisotopic (exact) mass is 247 g/mol. The molecule has 2 N–H and O–H groups in total. The molecule has 0 heterocycles. The molecule has 0 bridgehead atoms. The average Bonchev–Trinajstić information content (AvgIpc) is 2.31. The molecule has 0 amide bonds. The third-order valence-corrected chi connectivity index (χ3v) is 3.86. The Balaban J connectivity index is 1.97. The van der Waals surface area contributed by atoms with Gasteiger partial charge in [-0.1, -0.05) is 32.4 Å². The molecule has 18 heavy (non-hydrogen) atoms. The first kappa shape index (κ1) is 13.4. The Kier molecular flexibility index (Phi) is 4.65. The molecular formula is C16H25NO. The van der Waals surface area contributed by atoms with Crippen LogP contribution in [0.4, 0.5) is 0 Å². The zero-order chi connectivity index (χ0) is 13.0. The normalized spacial score (nSPS) is 17.6. The van der Waals surface area contributed by atoms with Crippen LogP contribution in [-0.2, 0) is 0 Å². The molecule has 1 unspecified atom stereocenters. The molecule has 0 spiro atoms. The predicted octanol–water partition coefficient (Wildman–Crippen LogP) is 3.56. The Morgan fingerprint density at radius 1 is 1.22 bits per heavy atom. The highest BCUT2D eigenvalue weighted by Crippen LogP contribution is 2.38. The molecule has 0 saturated heterocycles. The number of benzene rings is 1. The van der Waals surface area contributed by atoms with Gasteiger partial charge < -0.3 is 10.5 Å². The van der Waals surface area contributed by atoms with E-state index in [1.165, 1.54) is 24.8 Å². The third-order valence-electron chi connectivity index (χ3n) is 3.86. The molecule has 1 atom stereocenters. The second-order valence-electron chi connectivity index (χ2n) is 5.81. The third kappa shape index (κ3) is 3.26. The maximum atomic E-state index is 5.92. The van der Waals surface area contributed by atoms with Crippen LogP contribution in [-0.4, -0.2) is 13.2 Å². The van der Waals surface area contributed by atoms with Crippen LogP contribution in [0.25, 0.3) is 0 Å². The van der Waals surface area contributed by atoms with Gasteiger partial charge in [-0.25, -0.2) is 0 Å². The smallest absolute Gasteiger partial charge is 0.119 e. The van der Waals surface area contributed by atoms with Gasteiger partial charge in [0.05, 0.1) is 6.61 Å². The second-order valence-corrected chi connectivity index (χ2v) is 5.81. The van der Waals surface area contributed by atoms with Crippen LogP contribution >= 0.6 is 0 Å². The first-order valence-corrected chi connectivity index (χ1v) is 7.13. The van der Waals surface area contributed by atoms with E-state index < -0.39 is 0 Å². The zero-order valence-corrected chi connectivity index (χ0v) is 11.6. The first-order valence-electron chi connectivity index (χ1n) is 7.13. The topological polar surface area (TPSA) is 35.2 Å². The fourth-order valence-corrected chi connectivity index (χ4v) is 2.52. The second kappa shape index (κ2) is 6.24. The van der Waals surface area contributed by atoms with Crippen molar-refractivity contribution in [3.05, 3.63) is 29.8 Å². The minimum absolute atomic E-state index is 0.540. The van der Waals surface area contributed by atoms with Crippen molar-refractivity contribution in [1.29, 1.82) is 0 Å². The first-order chi connectivity index (χ1) is 8.70. The van der Waals surface area contributed by atoms with Crippen molar-refractivity contribution in [3.8, 4) is 5.75 Å². The molecule has 1 saturated carbocycles. The van der Waals surface area contributed by atoms with E-state index in [-0.39, 0.29) is 0 Å². The molecule has 2 rings (SSSR count). The summed E-state index contributed by atoms with van der Waals surface area (Å²) in [6.07, 6.45) is 4.05. The lowest BCUT2D eigenvalue weighted by Crippen LogP contribution is -2.26. The Hall–Kier alpha value is -1.02. The van der Waals surface area contributed by atoms with E-state index in [0.29, 0.717) is 11.8 Å². The van der Waals surface area contributed by atoms with Crippen molar-refractivity contribution in [1.82, 2.24) is 0 Å². The van der Waals surface area contributed by atoms with E-state index in [9.17, 15) is 0 Å². The lowest BCUT2D eigenvalue weighted by molar-refractivity contribution is 0.262. The number of ether oxygens (including phenoxy) is 1. The van der Waals surface area contributed by atoms with Gasteiger partial charge in [0.15, 0.2) is 0 Å². The highest BCUT2D eigenvalue weighted by molar-refractivity contribution is 5.30. The van der Waals surface area contributed by atoms with E-state index in [2.05, 4.69) is 38.1 Å². The summed E-state index contributed by atoms with van der Waals surface area (Å²) in [5.41, 5.74) is 7.29. The Morgan fingerprint density at radius 2 is 1.89 bits per heavy atom. The van der Waals surface area contributed by atoms with Crippen LogP contribution in [0.2, 0.25) is 0 Å². The minimum Gasteiger partial charge on any atom is -0.493 e. The summed E-state index contributed by atoms with van der Waals surface area (Å²) >= 11 is 0. The van der Waals surface area contributed by atoms with Crippen LogP contribution in [0.5, 0.6) is 5.75 Å². The quantitative estimate of drug-likeness (QED) is 0.834. The van der Waals surface area contributed by atoms with Crippen molar-refractivity contribution < 1.29 is 4.74 Å². The summed E-state index contributed by atoms with van der Waals surface area (Å²) in [7, 11) is 0. The number of hydrogen-bond donors (Lipinski definition) is 1. The summed E-state index contributed by atoms with van der Waals surface area (Å²) in [6, 6.07) is 8.54. The van der Waals surface area contributed by atoms with Gasteiger partial charge in [0, 0.05) is 0 Å². The van der Waals surface area contributed by atoms with E-state index in [4.69, 9.17) is 10.5 Å². The molecule has 0 aromatic heterocycles. The van der Waals surface area contributed by atoms with Gasteiger partial charge in [-0.3, -0.25) is 0 Å². The van der Waals surface area contributed by atoms with Crippen molar-refractivity contribution in [2.24, 2.45) is 17.6 Å². The highest BCUT2D eigenvalue weighted by atomic mass is 16.5. The highest BCUT2D eigenvalue weighted by Gasteiger charge is 2.27. The van der Waals surface area contributed by atoms with Crippen molar-refractivity contribution in [3.63, 3.8) is 0 Å². The fourth-order valence-electron chi connectivity index (χ4n) is 2.52. The van der Waals surface area contributed by atoms with Gasteiger partial charge in [-0.2, -0.15) is 0 Å². The zero-order valence-electron chi connectivity index (χ0n) is 11.6. The van der Waals surface area contributed by atoms with Crippen molar-refractivity contribution in [2.75, 3.05) is 13.2 Å². The molecule has 1 fully saturated rings. The van der Waals surface area contributed by atoms with Gasteiger partial charge in [-0.15, -0.1) is 0 Å². The lowest BCUT2D eigenvalue weighted by atomic mass is 9.73. The van der Waals surface area contributed by atoms with Gasteiger partial charge >= 0.3 is 0 Å². The van der Waals surface area contributed by atoms with Crippen LogP contribution in [0.1, 0.15) is 44.6 Å². The van der Waals surface area contributed by atoms with Crippen LogP contribution in [0.15, 0.2) is 24.3 Å². The van der Waals surface area contributed by atoms with Crippen LogP contribution < -0.4 is 10.5 Å². The molecular weight excluding hydrogens is 222 g/mol. The molecule has 1 aliphatic rings. The average molecular weight is 247 g/mol. The summed E-state index contributed by atoms with van der Waals surface area (Å²) in [5.74, 6) is 2.88. The van der Waals surface area contributed by atoms with Gasteiger partial charge in [-0.05, 0) is 54.8 Å². The molecule has 1 aromatic rings. The van der Waals surface area contributed by atoms with Crippen LogP contribution in [0, 0.1) is 11.8 Å². The standard InChI is InChI=1S/C16H25NO/c1-12(2)11-18-15-8-6-14(7-9-15)16(10-17)13-4-3-5-13/h6-9,12-13,16H,3-5,10-11,17H2,1-2H3. The largest absolute Gasteiger partial charge is 0.493 e. The molecule has 2 nitrogen and oxygen atoms in total. The lowest BCUT2D eigenvalue weighted by Gasteiger charge is -2.33. The van der Waals surface area contributed by atoms with Crippen LogP contribution in [0.3, 0.4) is 0 Å². The maximum absolute atomic E-state index is 5.92. The van der Waals surface area contributed by atoms with Gasteiger partial charge in [0.1, 0.15) is 5.75 Å². The van der Waals surface area contributed by atoms with Crippen molar-refractivity contribution >= 4 is 0 Å². The maximum Gasteiger partial charge on any atom is 0.119 e. The molecule has 0 radical (unpaired) electrons. The number of nitrogens with two attached hydrogens (primary N) is 1. The number of hydrogen-bond acceptors (Lipinski definition) is 2. The molecule has 100 valence electrons. The minimum atomic E-state index is 0.540. The predicted molar refractivity (Wildman–Crippen MR) is 75.9 cm³/mol. The Morgan fingerprint density at radius 3 is 2.33 bits per heavy atom. The summed E-state index contributed by atoms with van der Waals surface area (Å²) < 4.78 is 5.71. The fraction of sp³-hybridized carbons (Fsp3) is 0.625. The summed E-state index contributed by atoms with van der Waals surface area (Å²) in [6.45, 7) is 5.87. The SMILES string of the molecule is CC(C)COc1ccc(C(CN)C2CCC2)cc1. The summed E-state index contributed by atoms with van der Waals surface area (Å²) in [4.78, 5) is 0. The molecule has 1 aromatic carbocycles. The van der Waals surface area contributed by atoms with E-state index >= 15 is 0 Å². The molecule has 2 heteroatoms. The molecule has 1 aliphatic carbocycles. The number of rotatable bonds is 6. The Labute approximate surface area is 111 Å². The van der Waals surface area contributed by atoms with E-state index in [0.717, 1.165) is 24.8 Å². The molecule has 0 aliphatic heterocycles. The van der Waals surface area contributed by atoms with E-state index in [1.54, 1.807) is 0 Å². The van der Waals surface area contributed by atoms with Gasteiger partial charge in [0.25, 0.3) is 0 Å². The van der Waals surface area contributed by atoms with Crippen molar-refractivity contribution in [2.45, 2.75) is 39.0 Å².